The summed E-state index contributed by atoms with van der Waals surface area (Å²) in [6, 6.07) is 0.0898. The van der Waals surface area contributed by atoms with E-state index >= 15 is 0 Å². The number of piperidine rings is 1. The van der Waals surface area contributed by atoms with Crippen LogP contribution in [0.1, 0.15) is 31.4 Å². The van der Waals surface area contributed by atoms with Crippen LogP contribution in [-0.4, -0.2) is 47.9 Å². The summed E-state index contributed by atoms with van der Waals surface area (Å²) in [4.78, 5) is 4.91. The highest BCUT2D eigenvalue weighted by Crippen LogP contribution is 2.35. The third-order valence-electron chi connectivity index (χ3n) is 5.13. The Hall–Kier alpha value is -2.46. The van der Waals surface area contributed by atoms with E-state index in [1.807, 2.05) is 20.2 Å². The molecule has 0 saturated carbocycles. The van der Waals surface area contributed by atoms with Crippen LogP contribution >= 0.6 is 15.9 Å². The minimum atomic E-state index is 0.0898. The van der Waals surface area contributed by atoms with Gasteiger partial charge in [-0.1, -0.05) is 5.16 Å². The largest absolute Gasteiger partial charge is 0.411 e. The highest BCUT2D eigenvalue weighted by molar-refractivity contribution is 9.10. The van der Waals surface area contributed by atoms with Crippen molar-refractivity contribution < 1.29 is 5.21 Å². The van der Waals surface area contributed by atoms with Crippen LogP contribution in [0.2, 0.25) is 0 Å². The minimum Gasteiger partial charge on any atom is -0.411 e. The second-order valence-corrected chi connectivity index (χ2v) is 7.66. The number of oxime groups is 1. The highest BCUT2D eigenvalue weighted by Gasteiger charge is 2.28. The number of nitrogens with one attached hydrogen (secondary N) is 1. The van der Waals surface area contributed by atoms with E-state index in [0.717, 1.165) is 40.7 Å². The lowest BCUT2D eigenvalue weighted by Crippen LogP contribution is -2.42. The molecule has 0 amide bonds. The molecular weight excluding hydrogens is 412 g/mol. The van der Waals surface area contributed by atoms with Crippen molar-refractivity contribution >= 4 is 33.1 Å². The molecule has 3 aromatic rings. The van der Waals surface area contributed by atoms with Gasteiger partial charge in [-0.15, -0.1) is 0 Å². The normalized spacial score (nSPS) is 21.1. The zero-order valence-corrected chi connectivity index (χ0v) is 16.7. The molecule has 10 heteroatoms. The lowest BCUT2D eigenvalue weighted by atomic mass is 9.90. The molecule has 9 nitrogen and oxygen atoms in total. The number of aromatic nitrogens is 5. The summed E-state index contributed by atoms with van der Waals surface area (Å²) in [5.74, 6) is 0.728. The molecular formula is C17H21BrN8O. The fraction of sp³-hybridized carbons (Fsp3) is 0.412. The molecule has 1 fully saturated rings. The standard InChI is InChI=1S/C17H21BrN8O/c1-9(24-27)13-4-3-10(5-20-13)15-14(18)16(19)26-17(23-15)12(7-22-26)11-6-21-25(2)8-11/h6-8,10,13,20,27H,3-5,19H2,1-2H3/b24-9+/t10-,13-/m0/s1. The zero-order chi connectivity index (χ0) is 19.1. The first-order chi connectivity index (χ1) is 13.0. The van der Waals surface area contributed by atoms with Crippen molar-refractivity contribution in [2.45, 2.75) is 31.7 Å². The number of halogens is 1. The van der Waals surface area contributed by atoms with E-state index in [1.165, 1.54) is 0 Å². The summed E-state index contributed by atoms with van der Waals surface area (Å²) in [5.41, 5.74) is 10.5. The van der Waals surface area contributed by atoms with Gasteiger partial charge in [0, 0.05) is 42.9 Å². The van der Waals surface area contributed by atoms with E-state index in [1.54, 1.807) is 21.6 Å². The van der Waals surface area contributed by atoms with E-state index in [-0.39, 0.29) is 12.0 Å². The van der Waals surface area contributed by atoms with Gasteiger partial charge in [-0.3, -0.25) is 4.68 Å². The maximum atomic E-state index is 8.98. The van der Waals surface area contributed by atoms with E-state index in [9.17, 15) is 0 Å². The molecule has 4 rings (SSSR count). The first-order valence-electron chi connectivity index (χ1n) is 8.73. The van der Waals surface area contributed by atoms with Crippen LogP contribution in [0, 0.1) is 0 Å². The first kappa shape index (κ1) is 17.9. The predicted octanol–water partition coefficient (Wildman–Crippen LogP) is 2.16. The molecule has 0 unspecified atom stereocenters. The molecule has 0 aliphatic carbocycles. The summed E-state index contributed by atoms with van der Waals surface area (Å²) in [6.45, 7) is 2.55. The van der Waals surface area contributed by atoms with Crippen molar-refractivity contribution in [2.24, 2.45) is 12.2 Å². The van der Waals surface area contributed by atoms with Crippen molar-refractivity contribution in [3.63, 3.8) is 0 Å². The predicted molar refractivity (Wildman–Crippen MR) is 106 cm³/mol. The number of aryl methyl sites for hydroxylation is 1. The number of anilines is 1. The quantitative estimate of drug-likeness (QED) is 0.331. The average molecular weight is 433 g/mol. The Morgan fingerprint density at radius 2 is 2.19 bits per heavy atom. The van der Waals surface area contributed by atoms with Gasteiger partial charge in [0.15, 0.2) is 5.65 Å². The van der Waals surface area contributed by atoms with Crippen LogP contribution in [0.15, 0.2) is 28.2 Å². The van der Waals surface area contributed by atoms with Crippen LogP contribution in [0.5, 0.6) is 0 Å². The van der Waals surface area contributed by atoms with Gasteiger partial charge in [0.1, 0.15) is 5.82 Å². The summed E-state index contributed by atoms with van der Waals surface area (Å²) in [7, 11) is 1.88. The topological polar surface area (TPSA) is 119 Å². The Morgan fingerprint density at radius 1 is 1.37 bits per heavy atom. The van der Waals surface area contributed by atoms with Gasteiger partial charge >= 0.3 is 0 Å². The van der Waals surface area contributed by atoms with Gasteiger partial charge in [0.05, 0.1) is 28.3 Å². The van der Waals surface area contributed by atoms with Crippen molar-refractivity contribution in [1.29, 1.82) is 0 Å². The van der Waals surface area contributed by atoms with Crippen LogP contribution in [-0.2, 0) is 7.05 Å². The lowest BCUT2D eigenvalue weighted by Gasteiger charge is -2.29. The number of hydrogen-bond acceptors (Lipinski definition) is 7. The molecule has 0 radical (unpaired) electrons. The molecule has 2 atom stereocenters. The number of nitrogens with zero attached hydrogens (tertiary/aromatic N) is 6. The smallest absolute Gasteiger partial charge is 0.165 e. The van der Waals surface area contributed by atoms with Crippen LogP contribution < -0.4 is 11.1 Å². The summed E-state index contributed by atoms with van der Waals surface area (Å²) in [5, 5.41) is 24.4. The third-order valence-corrected chi connectivity index (χ3v) is 5.94. The monoisotopic (exact) mass is 432 g/mol. The number of hydrogen-bond donors (Lipinski definition) is 3. The number of fused-ring (bicyclic) bond motifs is 1. The van der Waals surface area contributed by atoms with E-state index < -0.39 is 0 Å². The van der Waals surface area contributed by atoms with Gasteiger partial charge in [-0.2, -0.15) is 14.7 Å². The van der Waals surface area contributed by atoms with Crippen LogP contribution in [0.3, 0.4) is 0 Å². The fourth-order valence-electron chi connectivity index (χ4n) is 3.56. The van der Waals surface area contributed by atoms with Crippen molar-refractivity contribution in [1.82, 2.24) is 29.7 Å². The Morgan fingerprint density at radius 3 is 2.81 bits per heavy atom. The lowest BCUT2D eigenvalue weighted by molar-refractivity contribution is 0.311. The van der Waals surface area contributed by atoms with Crippen molar-refractivity contribution in [2.75, 3.05) is 12.3 Å². The Kier molecular flexibility index (Phi) is 4.60. The molecule has 4 N–H and O–H groups in total. The minimum absolute atomic E-state index is 0.0898. The molecule has 142 valence electrons. The van der Waals surface area contributed by atoms with Gasteiger partial charge in [-0.25, -0.2) is 4.98 Å². The molecule has 4 heterocycles. The summed E-state index contributed by atoms with van der Waals surface area (Å²) >= 11 is 3.61. The Bertz CT molecular complexity index is 1020. The summed E-state index contributed by atoms with van der Waals surface area (Å²) in [6.07, 6.45) is 7.28. The van der Waals surface area contributed by atoms with Crippen molar-refractivity contribution in [3.8, 4) is 11.1 Å². The van der Waals surface area contributed by atoms with Crippen molar-refractivity contribution in [3.05, 3.63) is 28.8 Å². The Labute approximate surface area is 164 Å². The molecule has 3 aromatic heterocycles. The second kappa shape index (κ2) is 6.93. The van der Waals surface area contributed by atoms with E-state index in [0.29, 0.717) is 17.2 Å². The van der Waals surface area contributed by atoms with Gasteiger partial charge in [0.25, 0.3) is 0 Å². The Balaban J connectivity index is 1.72. The molecule has 27 heavy (non-hydrogen) atoms. The van der Waals surface area contributed by atoms with Gasteiger partial charge < -0.3 is 16.3 Å². The molecule has 0 spiro atoms. The SMILES string of the molecule is C/C(=N\O)[C@@H]1CC[C@H](c2nc3c(-c4cnn(C)c4)cnn3c(N)c2Br)CN1. The van der Waals surface area contributed by atoms with E-state index in [4.69, 9.17) is 15.9 Å². The highest BCUT2D eigenvalue weighted by atomic mass is 79.9. The number of nitrogen functional groups attached to an aromatic ring is 1. The van der Waals surface area contributed by atoms with Gasteiger partial charge in [0.2, 0.25) is 0 Å². The van der Waals surface area contributed by atoms with Crippen LogP contribution in [0.4, 0.5) is 5.82 Å². The van der Waals surface area contributed by atoms with Gasteiger partial charge in [-0.05, 0) is 35.7 Å². The molecule has 0 bridgehead atoms. The number of nitrogens with two attached hydrogens (primary N) is 1. The first-order valence-corrected chi connectivity index (χ1v) is 9.52. The molecule has 0 aromatic carbocycles. The fourth-order valence-corrected chi connectivity index (χ4v) is 4.14. The average Bonchev–Trinajstić information content (AvgIpc) is 3.30. The molecule has 1 aliphatic heterocycles. The molecule has 1 aliphatic rings. The van der Waals surface area contributed by atoms with Crippen LogP contribution in [0.25, 0.3) is 16.8 Å². The third kappa shape index (κ3) is 3.08. The summed E-state index contributed by atoms with van der Waals surface area (Å²) < 4.78 is 4.17. The molecule has 1 saturated heterocycles. The number of rotatable bonds is 3. The maximum absolute atomic E-state index is 8.98. The maximum Gasteiger partial charge on any atom is 0.165 e. The second-order valence-electron chi connectivity index (χ2n) is 6.87. The zero-order valence-electron chi connectivity index (χ0n) is 15.1. The van der Waals surface area contributed by atoms with E-state index in [2.05, 4.69) is 36.6 Å².